The highest BCUT2D eigenvalue weighted by molar-refractivity contribution is 9.10. The monoisotopic (exact) mass is 556 g/mol. The first-order chi connectivity index (χ1) is 16.9. The number of benzene rings is 2. The van der Waals surface area contributed by atoms with Crippen molar-refractivity contribution in [1.82, 2.24) is 4.57 Å². The van der Waals surface area contributed by atoms with E-state index in [0.717, 1.165) is 11.1 Å². The average molecular weight is 557 g/mol. The number of halogens is 1. The number of thiazole rings is 1. The molecule has 0 saturated carbocycles. The lowest BCUT2D eigenvalue weighted by molar-refractivity contribution is -0.139. The summed E-state index contributed by atoms with van der Waals surface area (Å²) in [6.45, 7) is 3.89. The van der Waals surface area contributed by atoms with E-state index in [1.165, 1.54) is 11.3 Å². The highest BCUT2D eigenvalue weighted by Gasteiger charge is 2.33. The van der Waals surface area contributed by atoms with Crippen LogP contribution in [-0.4, -0.2) is 31.0 Å². The molecule has 5 rings (SSSR count). The molecular weight excluding hydrogens is 536 g/mol. The van der Waals surface area contributed by atoms with Crippen molar-refractivity contribution in [3.8, 4) is 17.2 Å². The number of ether oxygens (including phenoxy) is 4. The lowest BCUT2D eigenvalue weighted by atomic mass is 9.96. The van der Waals surface area contributed by atoms with Gasteiger partial charge in [-0.15, -0.1) is 0 Å². The van der Waals surface area contributed by atoms with Gasteiger partial charge >= 0.3 is 5.97 Å². The number of hydrogen-bond donors (Lipinski definition) is 0. The first-order valence-corrected chi connectivity index (χ1v) is 12.4. The Morgan fingerprint density at radius 1 is 1.26 bits per heavy atom. The molecule has 2 aliphatic rings. The quantitative estimate of drug-likeness (QED) is 0.448. The van der Waals surface area contributed by atoms with Crippen molar-refractivity contribution in [2.45, 2.75) is 19.9 Å². The van der Waals surface area contributed by atoms with E-state index in [4.69, 9.17) is 18.9 Å². The van der Waals surface area contributed by atoms with Gasteiger partial charge in [0.1, 0.15) is 5.75 Å². The van der Waals surface area contributed by atoms with E-state index < -0.39 is 12.0 Å². The van der Waals surface area contributed by atoms with Crippen LogP contribution in [0, 0.1) is 0 Å². The van der Waals surface area contributed by atoms with Crippen LogP contribution in [0.1, 0.15) is 31.0 Å². The largest absolute Gasteiger partial charge is 0.496 e. The van der Waals surface area contributed by atoms with E-state index in [-0.39, 0.29) is 19.0 Å². The molecule has 1 aromatic heterocycles. The van der Waals surface area contributed by atoms with Crippen molar-refractivity contribution in [2.75, 3.05) is 20.5 Å². The molecule has 2 aliphatic heterocycles. The van der Waals surface area contributed by atoms with E-state index in [2.05, 4.69) is 20.9 Å². The second-order valence-electron chi connectivity index (χ2n) is 7.81. The van der Waals surface area contributed by atoms with Crippen molar-refractivity contribution in [1.29, 1.82) is 0 Å². The number of carbonyl (C=O) groups is 1. The highest BCUT2D eigenvalue weighted by atomic mass is 79.9. The fourth-order valence-corrected chi connectivity index (χ4v) is 5.72. The third-order valence-corrected chi connectivity index (χ3v) is 7.31. The Kier molecular flexibility index (Phi) is 6.24. The number of carbonyl (C=O) groups excluding carboxylic acids is 1. The highest BCUT2D eigenvalue weighted by Crippen LogP contribution is 2.35. The fraction of sp³-hybridized carbons (Fsp3) is 0.240. The van der Waals surface area contributed by atoms with Crippen LogP contribution in [0.25, 0.3) is 6.08 Å². The summed E-state index contributed by atoms with van der Waals surface area (Å²) >= 11 is 4.78. The van der Waals surface area contributed by atoms with Crippen molar-refractivity contribution in [3.05, 3.63) is 83.0 Å². The Morgan fingerprint density at radius 3 is 2.80 bits per heavy atom. The van der Waals surface area contributed by atoms with Crippen LogP contribution in [-0.2, 0) is 9.53 Å². The Morgan fingerprint density at radius 2 is 2.06 bits per heavy atom. The zero-order valence-corrected chi connectivity index (χ0v) is 21.6. The predicted molar refractivity (Wildman–Crippen MR) is 134 cm³/mol. The number of aromatic nitrogens is 1. The van der Waals surface area contributed by atoms with Crippen molar-refractivity contribution in [3.63, 3.8) is 0 Å². The summed E-state index contributed by atoms with van der Waals surface area (Å²) < 4.78 is 24.3. The minimum atomic E-state index is -0.702. The first kappa shape index (κ1) is 23.4. The number of nitrogens with zero attached hydrogens (tertiary/aromatic N) is 2. The predicted octanol–water partition coefficient (Wildman–Crippen LogP) is 3.30. The number of methoxy groups -OCH3 is 1. The third-order valence-electron chi connectivity index (χ3n) is 5.70. The molecule has 0 amide bonds. The lowest BCUT2D eigenvalue weighted by Gasteiger charge is -2.25. The molecule has 180 valence electrons. The van der Waals surface area contributed by atoms with Crippen LogP contribution in [0.3, 0.4) is 0 Å². The number of allylic oxidation sites excluding steroid dienone is 1. The summed E-state index contributed by atoms with van der Waals surface area (Å²) in [4.78, 5) is 31.8. The molecule has 3 heterocycles. The molecule has 0 aliphatic carbocycles. The van der Waals surface area contributed by atoms with Gasteiger partial charge < -0.3 is 18.9 Å². The van der Waals surface area contributed by atoms with Gasteiger partial charge in [-0.05, 0) is 71.2 Å². The normalized spacial score (nSPS) is 16.7. The molecule has 0 saturated heterocycles. The summed E-state index contributed by atoms with van der Waals surface area (Å²) in [5.41, 5.74) is 2.11. The second kappa shape index (κ2) is 9.35. The van der Waals surface area contributed by atoms with Crippen molar-refractivity contribution < 1.29 is 23.7 Å². The van der Waals surface area contributed by atoms with Crippen LogP contribution < -0.4 is 29.1 Å². The maximum atomic E-state index is 13.7. The van der Waals surface area contributed by atoms with Crippen molar-refractivity contribution in [2.24, 2.45) is 4.99 Å². The zero-order valence-electron chi connectivity index (χ0n) is 19.2. The maximum Gasteiger partial charge on any atom is 0.338 e. The maximum absolute atomic E-state index is 13.7. The van der Waals surface area contributed by atoms with Gasteiger partial charge in [-0.25, -0.2) is 9.79 Å². The van der Waals surface area contributed by atoms with Crippen LogP contribution >= 0.6 is 27.3 Å². The molecule has 0 bridgehead atoms. The Labute approximate surface area is 212 Å². The third kappa shape index (κ3) is 4.17. The minimum Gasteiger partial charge on any atom is -0.496 e. The van der Waals surface area contributed by atoms with Crippen LogP contribution in [0.4, 0.5) is 0 Å². The molecule has 1 atom stereocenters. The Bertz CT molecular complexity index is 1550. The van der Waals surface area contributed by atoms with Crippen LogP contribution in [0.5, 0.6) is 17.2 Å². The Hall–Kier alpha value is -3.37. The second-order valence-corrected chi connectivity index (χ2v) is 9.67. The van der Waals surface area contributed by atoms with Gasteiger partial charge in [0.15, 0.2) is 16.3 Å². The molecule has 8 nitrogen and oxygen atoms in total. The molecule has 0 spiro atoms. The van der Waals surface area contributed by atoms with Gasteiger partial charge in [0.2, 0.25) is 6.79 Å². The van der Waals surface area contributed by atoms with Crippen molar-refractivity contribution >= 4 is 39.3 Å². The van der Waals surface area contributed by atoms with Gasteiger partial charge in [-0.3, -0.25) is 9.36 Å². The number of hydrogen-bond acceptors (Lipinski definition) is 8. The van der Waals surface area contributed by atoms with E-state index >= 15 is 0 Å². The lowest BCUT2D eigenvalue weighted by Crippen LogP contribution is -2.39. The summed E-state index contributed by atoms with van der Waals surface area (Å²) in [6, 6.07) is 10.3. The molecule has 0 unspecified atom stereocenters. The number of rotatable bonds is 5. The zero-order chi connectivity index (χ0) is 24.7. The minimum absolute atomic E-state index is 0.175. The molecular formula is C25H21BrN2O6S. The van der Waals surface area contributed by atoms with Crippen LogP contribution in [0.15, 0.2) is 61.9 Å². The number of esters is 1. The Balaban J connectivity index is 1.70. The smallest absolute Gasteiger partial charge is 0.338 e. The standard InChI is InChI=1S/C25H21BrN2O6S/c1-4-32-24(30)21-13(2)27-25-28(22(21)15-6-8-17(31-3)16(26)11-15)23(29)20(35-25)10-14-5-7-18-19(9-14)34-12-33-18/h5-11,22H,4,12H2,1-3H3/b20-10+/t22-/m0/s1. The van der Waals surface area contributed by atoms with Crippen LogP contribution in [0.2, 0.25) is 0 Å². The van der Waals surface area contributed by atoms with Gasteiger partial charge in [0, 0.05) is 0 Å². The molecule has 0 fully saturated rings. The summed E-state index contributed by atoms with van der Waals surface area (Å²) in [7, 11) is 1.58. The van der Waals surface area contributed by atoms with E-state index in [1.807, 2.05) is 30.3 Å². The average Bonchev–Trinajstić information content (AvgIpc) is 3.42. The molecule has 10 heteroatoms. The summed E-state index contributed by atoms with van der Waals surface area (Å²) in [5.74, 6) is 1.44. The van der Waals surface area contributed by atoms with Gasteiger partial charge in [-0.1, -0.05) is 23.5 Å². The summed E-state index contributed by atoms with van der Waals surface area (Å²) in [5, 5.41) is 0. The van der Waals surface area contributed by atoms with E-state index in [1.54, 1.807) is 37.7 Å². The SMILES string of the molecule is CCOC(=O)C1=C(C)N=c2s/c(=C/c3ccc4c(c3)OCO4)c(=O)n2[C@H]1c1ccc(OC)c(Br)c1. The van der Waals surface area contributed by atoms with Gasteiger partial charge in [0.25, 0.3) is 5.56 Å². The van der Waals surface area contributed by atoms with Gasteiger partial charge in [-0.2, -0.15) is 0 Å². The topological polar surface area (TPSA) is 88.4 Å². The molecule has 0 N–H and O–H groups in total. The fourth-order valence-electron chi connectivity index (χ4n) is 4.11. The molecule has 3 aromatic rings. The van der Waals surface area contributed by atoms with Gasteiger partial charge in [0.05, 0.1) is 40.0 Å². The molecule has 2 aromatic carbocycles. The molecule has 35 heavy (non-hydrogen) atoms. The first-order valence-electron chi connectivity index (χ1n) is 10.8. The molecule has 0 radical (unpaired) electrons. The number of fused-ring (bicyclic) bond motifs is 2. The van der Waals surface area contributed by atoms with E-state index in [0.29, 0.717) is 42.3 Å². The van der Waals surface area contributed by atoms with E-state index in [9.17, 15) is 9.59 Å². The summed E-state index contributed by atoms with van der Waals surface area (Å²) in [6.07, 6.45) is 1.79.